The minimum atomic E-state index is -0.0120. The van der Waals surface area contributed by atoms with Crippen molar-refractivity contribution in [3.63, 3.8) is 0 Å². The van der Waals surface area contributed by atoms with Gasteiger partial charge in [0.05, 0.1) is 5.92 Å². The third kappa shape index (κ3) is 4.61. The number of likely N-dealkylation sites (N-methyl/N-ethyl adjacent to an activating group) is 1. The number of hydrogen-bond acceptors (Lipinski definition) is 5. The van der Waals surface area contributed by atoms with Gasteiger partial charge in [-0.2, -0.15) is 0 Å². The molecule has 2 heterocycles. The first-order valence-electron chi connectivity index (χ1n) is 8.64. The molecular weight excluding hydrogens is 314 g/mol. The van der Waals surface area contributed by atoms with E-state index in [2.05, 4.69) is 32.1 Å². The van der Waals surface area contributed by atoms with Crippen LogP contribution < -0.4 is 5.32 Å². The number of carbonyl (C=O) groups is 1. The van der Waals surface area contributed by atoms with Crippen molar-refractivity contribution in [2.45, 2.75) is 6.54 Å². The maximum absolute atomic E-state index is 12.1. The lowest BCUT2D eigenvalue weighted by atomic mass is 10.1. The summed E-state index contributed by atoms with van der Waals surface area (Å²) in [6.45, 7) is 4.20. The molecule has 1 aromatic heterocycles. The van der Waals surface area contributed by atoms with Crippen molar-refractivity contribution < 1.29 is 4.79 Å². The Balaban J connectivity index is 1.67. The molecule has 1 aromatic carbocycles. The third-order valence-electron chi connectivity index (χ3n) is 4.57. The molecule has 0 spiro atoms. The minimum Gasteiger partial charge on any atom is -0.359 e. The highest BCUT2D eigenvalue weighted by molar-refractivity contribution is 5.78. The Morgan fingerprint density at radius 1 is 1.16 bits per heavy atom. The molecule has 1 fully saturated rings. The quantitative estimate of drug-likeness (QED) is 0.908. The highest BCUT2D eigenvalue weighted by Gasteiger charge is 2.25. The number of hydrogen-bond donors (Lipinski definition) is 1. The molecule has 6 heteroatoms. The molecule has 1 aliphatic rings. The van der Waals surface area contributed by atoms with Crippen molar-refractivity contribution in [3.05, 3.63) is 48.3 Å². The van der Waals surface area contributed by atoms with Gasteiger partial charge in [-0.15, -0.1) is 0 Å². The fourth-order valence-corrected chi connectivity index (χ4v) is 3.18. The van der Waals surface area contributed by atoms with E-state index in [0.717, 1.165) is 49.7 Å². The standard InChI is InChI=1S/C19H25N5O/c1-20-19(25)17-13-23(2)8-9-24(14-17)12-15-10-21-18(22-11-15)16-6-4-3-5-7-16/h3-7,10-11,17H,8-9,12-14H2,1-2H3,(H,20,25)/t17-/m0/s1. The average molecular weight is 339 g/mol. The van der Waals surface area contributed by atoms with E-state index >= 15 is 0 Å². The number of rotatable bonds is 4. The lowest BCUT2D eigenvalue weighted by molar-refractivity contribution is -0.125. The smallest absolute Gasteiger partial charge is 0.225 e. The van der Waals surface area contributed by atoms with Crippen LogP contribution in [0.15, 0.2) is 42.7 Å². The van der Waals surface area contributed by atoms with Crippen LogP contribution in [0.25, 0.3) is 11.4 Å². The molecule has 1 saturated heterocycles. The van der Waals surface area contributed by atoms with Crippen molar-refractivity contribution in [1.82, 2.24) is 25.1 Å². The van der Waals surface area contributed by atoms with Crippen LogP contribution in [0.4, 0.5) is 0 Å². The van der Waals surface area contributed by atoms with Crippen LogP contribution >= 0.6 is 0 Å². The van der Waals surface area contributed by atoms with Gasteiger partial charge < -0.3 is 10.2 Å². The second-order valence-corrected chi connectivity index (χ2v) is 6.59. The maximum atomic E-state index is 12.1. The zero-order valence-electron chi connectivity index (χ0n) is 14.9. The normalized spacial score (nSPS) is 19.4. The van der Waals surface area contributed by atoms with Gasteiger partial charge in [-0.3, -0.25) is 9.69 Å². The first-order chi connectivity index (χ1) is 12.2. The van der Waals surface area contributed by atoms with Gasteiger partial charge in [-0.05, 0) is 7.05 Å². The monoisotopic (exact) mass is 339 g/mol. The molecule has 6 nitrogen and oxygen atoms in total. The average Bonchev–Trinajstić information content (AvgIpc) is 2.84. The second kappa shape index (κ2) is 8.18. The summed E-state index contributed by atoms with van der Waals surface area (Å²) >= 11 is 0. The summed E-state index contributed by atoms with van der Waals surface area (Å²) in [7, 11) is 3.77. The molecule has 132 valence electrons. The highest BCUT2D eigenvalue weighted by Crippen LogP contribution is 2.15. The van der Waals surface area contributed by atoms with Gasteiger partial charge in [-0.1, -0.05) is 30.3 Å². The highest BCUT2D eigenvalue weighted by atomic mass is 16.1. The van der Waals surface area contributed by atoms with Crippen molar-refractivity contribution in [2.75, 3.05) is 40.3 Å². The maximum Gasteiger partial charge on any atom is 0.225 e. The van der Waals surface area contributed by atoms with Gasteiger partial charge in [-0.25, -0.2) is 9.97 Å². The Morgan fingerprint density at radius 2 is 1.88 bits per heavy atom. The van der Waals surface area contributed by atoms with E-state index in [-0.39, 0.29) is 11.8 Å². The van der Waals surface area contributed by atoms with Crippen LogP contribution in [0.3, 0.4) is 0 Å². The molecule has 0 aliphatic carbocycles. The summed E-state index contributed by atoms with van der Waals surface area (Å²) in [6.07, 6.45) is 3.78. The fourth-order valence-electron chi connectivity index (χ4n) is 3.18. The Kier molecular flexibility index (Phi) is 5.73. The summed E-state index contributed by atoms with van der Waals surface area (Å²) in [4.78, 5) is 25.6. The molecule has 0 unspecified atom stereocenters. The Morgan fingerprint density at radius 3 is 2.56 bits per heavy atom. The van der Waals surface area contributed by atoms with Crippen molar-refractivity contribution in [1.29, 1.82) is 0 Å². The zero-order valence-corrected chi connectivity index (χ0v) is 14.9. The molecule has 0 radical (unpaired) electrons. The Labute approximate surface area is 148 Å². The van der Waals surface area contributed by atoms with Gasteiger partial charge in [0.2, 0.25) is 5.91 Å². The lowest BCUT2D eigenvalue weighted by Crippen LogP contribution is -2.39. The van der Waals surface area contributed by atoms with Crippen LogP contribution in [0, 0.1) is 5.92 Å². The third-order valence-corrected chi connectivity index (χ3v) is 4.57. The summed E-state index contributed by atoms with van der Waals surface area (Å²) in [5, 5.41) is 2.78. The topological polar surface area (TPSA) is 61.4 Å². The number of amides is 1. The van der Waals surface area contributed by atoms with Gasteiger partial charge in [0.15, 0.2) is 5.82 Å². The van der Waals surface area contributed by atoms with Crippen LogP contribution in [0.5, 0.6) is 0 Å². The molecule has 2 aromatic rings. The van der Waals surface area contributed by atoms with Gasteiger partial charge >= 0.3 is 0 Å². The SMILES string of the molecule is CNC(=O)[C@H]1CN(C)CCN(Cc2cnc(-c3ccccc3)nc2)C1. The fraction of sp³-hybridized carbons (Fsp3) is 0.421. The number of nitrogens with one attached hydrogen (secondary N) is 1. The molecule has 0 saturated carbocycles. The molecule has 3 rings (SSSR count). The van der Waals surface area contributed by atoms with Gasteiger partial charge in [0.1, 0.15) is 0 Å². The predicted molar refractivity (Wildman–Crippen MR) is 97.8 cm³/mol. The second-order valence-electron chi connectivity index (χ2n) is 6.59. The van der Waals surface area contributed by atoms with Crippen molar-refractivity contribution in [2.24, 2.45) is 5.92 Å². The molecule has 0 bridgehead atoms. The van der Waals surface area contributed by atoms with E-state index in [4.69, 9.17) is 0 Å². The van der Waals surface area contributed by atoms with Crippen LogP contribution in [0.1, 0.15) is 5.56 Å². The molecule has 1 N–H and O–H groups in total. The number of aromatic nitrogens is 2. The van der Waals surface area contributed by atoms with E-state index in [1.165, 1.54) is 0 Å². The Hall–Kier alpha value is -2.31. The van der Waals surface area contributed by atoms with Gasteiger partial charge in [0.25, 0.3) is 0 Å². The predicted octanol–water partition coefficient (Wildman–Crippen LogP) is 1.25. The summed E-state index contributed by atoms with van der Waals surface area (Å²) in [5.74, 6) is 0.833. The van der Waals surface area contributed by atoms with E-state index in [9.17, 15) is 4.79 Å². The van der Waals surface area contributed by atoms with Gasteiger partial charge in [0, 0.05) is 63.3 Å². The molecule has 1 atom stereocenters. The summed E-state index contributed by atoms with van der Waals surface area (Å²) in [6, 6.07) is 9.97. The number of carbonyl (C=O) groups excluding carboxylic acids is 1. The molecule has 25 heavy (non-hydrogen) atoms. The van der Waals surface area contributed by atoms with E-state index in [1.54, 1.807) is 7.05 Å². The molecular formula is C19H25N5O. The molecule has 1 amide bonds. The summed E-state index contributed by atoms with van der Waals surface area (Å²) in [5.41, 5.74) is 2.09. The first kappa shape index (κ1) is 17.5. The number of nitrogens with zero attached hydrogens (tertiary/aromatic N) is 4. The van der Waals surface area contributed by atoms with Crippen molar-refractivity contribution in [3.8, 4) is 11.4 Å². The number of benzene rings is 1. The lowest BCUT2D eigenvalue weighted by Gasteiger charge is -2.22. The van der Waals surface area contributed by atoms with Crippen molar-refractivity contribution >= 4 is 5.91 Å². The van der Waals surface area contributed by atoms with Crippen LogP contribution in [0.2, 0.25) is 0 Å². The molecule has 1 aliphatic heterocycles. The van der Waals surface area contributed by atoms with E-state index in [1.807, 2.05) is 42.7 Å². The van der Waals surface area contributed by atoms with E-state index in [0.29, 0.717) is 0 Å². The van der Waals surface area contributed by atoms with E-state index < -0.39 is 0 Å². The zero-order chi connectivity index (χ0) is 17.6. The largest absolute Gasteiger partial charge is 0.359 e. The minimum absolute atomic E-state index is 0.0120. The Bertz CT molecular complexity index is 689. The van der Waals surface area contributed by atoms with Crippen LogP contribution in [-0.2, 0) is 11.3 Å². The summed E-state index contributed by atoms with van der Waals surface area (Å²) < 4.78 is 0. The van der Waals surface area contributed by atoms with Crippen LogP contribution in [-0.4, -0.2) is 65.9 Å². The first-order valence-corrected chi connectivity index (χ1v) is 8.64.